The highest BCUT2D eigenvalue weighted by Crippen LogP contribution is 2.55. The van der Waals surface area contributed by atoms with Crippen LogP contribution in [-0.2, 0) is 0 Å². The van der Waals surface area contributed by atoms with E-state index in [4.69, 9.17) is 0 Å². The standard InChI is InChI=1S/C20H30O/c1-20(2)11-3-4-18-17-7-5-13-12-14(21)6-8-15(13)16(17)9-10-19(18)20/h10,13-15,18,21H,3-9,11-12H2,1-2H3. The molecule has 0 bridgehead atoms. The molecule has 1 heteroatoms. The second-order valence-corrected chi connectivity index (χ2v) is 8.61. The van der Waals surface area contributed by atoms with Gasteiger partial charge < -0.3 is 5.11 Å². The van der Waals surface area contributed by atoms with Crippen molar-refractivity contribution in [3.63, 3.8) is 0 Å². The first-order valence-electron chi connectivity index (χ1n) is 9.16. The number of rotatable bonds is 0. The van der Waals surface area contributed by atoms with Gasteiger partial charge in [-0.3, -0.25) is 0 Å². The fourth-order valence-corrected chi connectivity index (χ4v) is 5.96. The predicted molar refractivity (Wildman–Crippen MR) is 86.9 cm³/mol. The highest BCUT2D eigenvalue weighted by atomic mass is 16.3. The highest BCUT2D eigenvalue weighted by Gasteiger charge is 2.43. The SMILES string of the molecule is CC1(C)CCCC2C1=CCC1=C2CCC2CC(O)CCC12. The molecule has 0 spiro atoms. The molecule has 0 aromatic carbocycles. The van der Waals surface area contributed by atoms with Gasteiger partial charge in [0, 0.05) is 5.92 Å². The lowest BCUT2D eigenvalue weighted by Crippen LogP contribution is -2.37. The van der Waals surface area contributed by atoms with Crippen molar-refractivity contribution in [3.05, 3.63) is 22.8 Å². The second-order valence-electron chi connectivity index (χ2n) is 8.61. The van der Waals surface area contributed by atoms with Gasteiger partial charge in [-0.25, -0.2) is 0 Å². The fourth-order valence-electron chi connectivity index (χ4n) is 5.96. The zero-order valence-corrected chi connectivity index (χ0v) is 13.7. The van der Waals surface area contributed by atoms with Gasteiger partial charge in [-0.05, 0) is 68.6 Å². The Morgan fingerprint density at radius 3 is 2.81 bits per heavy atom. The highest BCUT2D eigenvalue weighted by molar-refractivity contribution is 5.39. The third-order valence-corrected chi connectivity index (χ3v) is 7.01. The van der Waals surface area contributed by atoms with E-state index in [1.807, 2.05) is 11.1 Å². The monoisotopic (exact) mass is 286 g/mol. The molecule has 4 unspecified atom stereocenters. The van der Waals surface area contributed by atoms with Crippen molar-refractivity contribution in [2.24, 2.45) is 23.2 Å². The predicted octanol–water partition coefficient (Wildman–Crippen LogP) is 5.01. The number of aliphatic hydroxyl groups excluding tert-OH is 1. The lowest BCUT2D eigenvalue weighted by Gasteiger charge is -2.48. The molecule has 0 aliphatic heterocycles. The molecule has 4 rings (SSSR count). The normalized spacial score (nSPS) is 41.8. The molecule has 0 aromatic heterocycles. The molecule has 4 aliphatic rings. The molecule has 0 heterocycles. The summed E-state index contributed by atoms with van der Waals surface area (Å²) in [5, 5.41) is 9.97. The van der Waals surface area contributed by atoms with Gasteiger partial charge in [0.15, 0.2) is 0 Å². The lowest BCUT2D eigenvalue weighted by atomic mass is 9.57. The summed E-state index contributed by atoms with van der Waals surface area (Å²) in [5.41, 5.74) is 5.85. The van der Waals surface area contributed by atoms with Crippen molar-refractivity contribution in [1.29, 1.82) is 0 Å². The molecule has 0 amide bonds. The van der Waals surface area contributed by atoms with Crippen molar-refractivity contribution in [1.82, 2.24) is 0 Å². The largest absolute Gasteiger partial charge is 0.393 e. The summed E-state index contributed by atoms with van der Waals surface area (Å²) in [6.07, 6.45) is 14.0. The maximum atomic E-state index is 9.97. The van der Waals surface area contributed by atoms with Crippen LogP contribution in [-0.4, -0.2) is 11.2 Å². The van der Waals surface area contributed by atoms with Crippen molar-refractivity contribution in [2.45, 2.75) is 77.7 Å². The van der Waals surface area contributed by atoms with Gasteiger partial charge in [0.25, 0.3) is 0 Å². The number of fused-ring (bicyclic) bond motifs is 4. The topological polar surface area (TPSA) is 20.2 Å². The minimum Gasteiger partial charge on any atom is -0.393 e. The Kier molecular flexibility index (Phi) is 3.33. The average molecular weight is 286 g/mol. The quantitative estimate of drug-likeness (QED) is 0.621. The summed E-state index contributed by atoms with van der Waals surface area (Å²) in [6, 6.07) is 0. The summed E-state index contributed by atoms with van der Waals surface area (Å²) < 4.78 is 0. The smallest absolute Gasteiger partial charge is 0.0543 e. The van der Waals surface area contributed by atoms with E-state index in [2.05, 4.69) is 19.9 Å². The van der Waals surface area contributed by atoms with Crippen LogP contribution in [0, 0.1) is 23.2 Å². The summed E-state index contributed by atoms with van der Waals surface area (Å²) >= 11 is 0. The third kappa shape index (κ3) is 2.23. The van der Waals surface area contributed by atoms with Crippen LogP contribution in [0.5, 0.6) is 0 Å². The molecule has 2 fully saturated rings. The van der Waals surface area contributed by atoms with Crippen LogP contribution >= 0.6 is 0 Å². The number of hydrogen-bond donors (Lipinski definition) is 1. The van der Waals surface area contributed by atoms with Gasteiger partial charge in [-0.2, -0.15) is 0 Å². The van der Waals surface area contributed by atoms with E-state index in [9.17, 15) is 5.11 Å². The molecule has 1 nitrogen and oxygen atoms in total. The maximum absolute atomic E-state index is 9.97. The molecule has 21 heavy (non-hydrogen) atoms. The van der Waals surface area contributed by atoms with Crippen LogP contribution in [0.4, 0.5) is 0 Å². The molecule has 0 radical (unpaired) electrons. The fraction of sp³-hybridized carbons (Fsp3) is 0.800. The summed E-state index contributed by atoms with van der Waals surface area (Å²) in [7, 11) is 0. The molecule has 4 atom stereocenters. The van der Waals surface area contributed by atoms with Crippen LogP contribution < -0.4 is 0 Å². The Bertz CT molecular complexity index is 496. The van der Waals surface area contributed by atoms with E-state index in [1.54, 1.807) is 5.57 Å². The van der Waals surface area contributed by atoms with Gasteiger partial charge in [0.1, 0.15) is 0 Å². The van der Waals surface area contributed by atoms with E-state index in [0.29, 0.717) is 5.41 Å². The van der Waals surface area contributed by atoms with Gasteiger partial charge in [0.05, 0.1) is 6.10 Å². The first kappa shape index (κ1) is 14.1. The Morgan fingerprint density at radius 2 is 1.95 bits per heavy atom. The number of aliphatic hydroxyl groups is 1. The molecule has 1 N–H and O–H groups in total. The summed E-state index contributed by atoms with van der Waals surface area (Å²) in [4.78, 5) is 0. The van der Waals surface area contributed by atoms with Crippen molar-refractivity contribution < 1.29 is 5.11 Å². The van der Waals surface area contributed by atoms with Gasteiger partial charge in [0.2, 0.25) is 0 Å². The van der Waals surface area contributed by atoms with Gasteiger partial charge in [-0.15, -0.1) is 0 Å². The van der Waals surface area contributed by atoms with Crippen molar-refractivity contribution >= 4 is 0 Å². The van der Waals surface area contributed by atoms with Gasteiger partial charge in [-0.1, -0.05) is 43.1 Å². The first-order valence-corrected chi connectivity index (χ1v) is 9.16. The third-order valence-electron chi connectivity index (χ3n) is 7.01. The molecule has 2 saturated carbocycles. The second kappa shape index (κ2) is 4.98. The molecule has 0 aromatic rings. The van der Waals surface area contributed by atoms with E-state index < -0.39 is 0 Å². The first-order chi connectivity index (χ1) is 10.1. The van der Waals surface area contributed by atoms with Crippen LogP contribution in [0.15, 0.2) is 22.8 Å². The van der Waals surface area contributed by atoms with Crippen LogP contribution in [0.1, 0.15) is 71.6 Å². The van der Waals surface area contributed by atoms with Crippen LogP contribution in [0.2, 0.25) is 0 Å². The van der Waals surface area contributed by atoms with Crippen molar-refractivity contribution in [3.8, 4) is 0 Å². The molecular weight excluding hydrogens is 256 g/mol. The molecule has 4 aliphatic carbocycles. The summed E-state index contributed by atoms with van der Waals surface area (Å²) in [5.74, 6) is 2.37. The maximum Gasteiger partial charge on any atom is 0.0543 e. The Hall–Kier alpha value is -0.560. The Labute approximate surface area is 129 Å². The Balaban J connectivity index is 1.65. The van der Waals surface area contributed by atoms with E-state index in [1.165, 1.54) is 44.9 Å². The molecular formula is C20H30O. The average Bonchev–Trinajstić information content (AvgIpc) is 2.45. The number of allylic oxidation sites excluding steroid dienone is 4. The minimum absolute atomic E-state index is 0.0169. The Morgan fingerprint density at radius 1 is 1.10 bits per heavy atom. The zero-order valence-electron chi connectivity index (χ0n) is 13.7. The van der Waals surface area contributed by atoms with Crippen LogP contribution in [0.25, 0.3) is 0 Å². The van der Waals surface area contributed by atoms with Crippen molar-refractivity contribution in [2.75, 3.05) is 0 Å². The van der Waals surface area contributed by atoms with Crippen LogP contribution in [0.3, 0.4) is 0 Å². The molecule has 116 valence electrons. The zero-order chi connectivity index (χ0) is 14.6. The van der Waals surface area contributed by atoms with E-state index >= 15 is 0 Å². The van der Waals surface area contributed by atoms with E-state index in [-0.39, 0.29) is 6.10 Å². The molecule has 0 saturated heterocycles. The minimum atomic E-state index is -0.0169. The lowest BCUT2D eigenvalue weighted by molar-refractivity contribution is 0.0694. The van der Waals surface area contributed by atoms with E-state index in [0.717, 1.165) is 30.6 Å². The number of hydrogen-bond acceptors (Lipinski definition) is 1. The van der Waals surface area contributed by atoms with Gasteiger partial charge >= 0.3 is 0 Å². The summed E-state index contributed by atoms with van der Waals surface area (Å²) in [6.45, 7) is 4.91.